The number of aliphatic hydroxyl groups excluding tert-OH is 1. The van der Waals surface area contributed by atoms with Crippen LogP contribution in [0, 0.1) is 0 Å². The van der Waals surface area contributed by atoms with E-state index in [0.717, 1.165) is 19.8 Å². The molecule has 1 aromatic carbocycles. The van der Waals surface area contributed by atoms with Crippen molar-refractivity contribution in [3.05, 3.63) is 35.4 Å². The van der Waals surface area contributed by atoms with Gasteiger partial charge in [-0.3, -0.25) is 0 Å². The van der Waals surface area contributed by atoms with Crippen LogP contribution >= 0.6 is 0 Å². The molecule has 82 valence electrons. The van der Waals surface area contributed by atoms with Crippen LogP contribution in [0.15, 0.2) is 24.3 Å². The number of carbonyl (C=O) groups is 1. The fourth-order valence-corrected chi connectivity index (χ4v) is 2.11. The van der Waals surface area contributed by atoms with Gasteiger partial charge in [-0.05, 0) is 17.5 Å². The molecule has 0 saturated heterocycles. The maximum absolute atomic E-state index is 10.5. The summed E-state index contributed by atoms with van der Waals surface area (Å²) in [5.74, 6) is 0.244. The molecule has 0 aromatic heterocycles. The highest BCUT2D eigenvalue weighted by molar-refractivity contribution is 5.54. The minimum atomic E-state index is 0.127. The lowest BCUT2D eigenvalue weighted by Crippen LogP contribution is -2.25. The number of carbonyl (C=O) groups excluding carboxylic acids is 1. The summed E-state index contributed by atoms with van der Waals surface area (Å²) in [6.07, 6.45) is 2.43. The van der Waals surface area contributed by atoms with Gasteiger partial charge in [0.2, 0.25) is 0 Å². The van der Waals surface area contributed by atoms with Crippen molar-refractivity contribution in [3.63, 3.8) is 0 Å². The zero-order valence-electron chi connectivity index (χ0n) is 8.89. The maximum Gasteiger partial charge on any atom is 0.120 e. The van der Waals surface area contributed by atoms with Crippen molar-refractivity contribution >= 4 is 6.29 Å². The third kappa shape index (κ3) is 2.43. The van der Waals surface area contributed by atoms with E-state index < -0.39 is 0 Å². The highest BCUT2D eigenvalue weighted by Crippen LogP contribution is 2.33. The van der Waals surface area contributed by atoms with Crippen molar-refractivity contribution in [1.29, 1.82) is 0 Å². The van der Waals surface area contributed by atoms with Crippen molar-refractivity contribution in [2.45, 2.75) is 24.8 Å². The van der Waals surface area contributed by atoms with Gasteiger partial charge in [0.15, 0.2) is 0 Å². The second kappa shape index (κ2) is 5.63. The predicted molar refractivity (Wildman–Crippen MR) is 59.7 cm³/mol. The van der Waals surface area contributed by atoms with Gasteiger partial charge in [0, 0.05) is 25.5 Å². The summed E-state index contributed by atoms with van der Waals surface area (Å²) in [4.78, 5) is 10.5. The zero-order chi connectivity index (χ0) is 11.3. The Kier molecular flexibility index (Phi) is 4.46. The Bertz CT molecular complexity index is 325. The average Bonchev–Trinajstić information content (AvgIpc) is 2.59. The summed E-state index contributed by atoms with van der Waals surface area (Å²) in [6, 6.07) is 8.34. The molecule has 0 fully saturated rings. The first kappa shape index (κ1) is 11.9. The van der Waals surface area contributed by atoms with Crippen LogP contribution in [-0.2, 0) is 11.2 Å². The second-order valence-corrected chi connectivity index (χ2v) is 3.58. The van der Waals surface area contributed by atoms with Crippen LogP contribution in [0.4, 0.5) is 0 Å². The molecular formula is C12H17NO2. The van der Waals surface area contributed by atoms with Gasteiger partial charge in [-0.15, -0.1) is 0 Å². The van der Waals surface area contributed by atoms with Gasteiger partial charge in [0.1, 0.15) is 6.29 Å². The van der Waals surface area contributed by atoms with Crippen LogP contribution in [0.2, 0.25) is 0 Å². The van der Waals surface area contributed by atoms with Crippen LogP contribution < -0.4 is 5.73 Å². The molecule has 1 aromatic rings. The van der Waals surface area contributed by atoms with E-state index in [1.165, 1.54) is 11.1 Å². The number of nitrogens with two attached hydrogens (primary N) is 1. The molecule has 0 amide bonds. The number of hydrogen-bond donors (Lipinski definition) is 2. The summed E-state index contributed by atoms with van der Waals surface area (Å²) in [6.45, 7) is 0. The third-order valence-electron chi connectivity index (χ3n) is 2.78. The molecule has 3 nitrogen and oxygen atoms in total. The molecule has 2 unspecified atom stereocenters. The molecule has 3 heteroatoms. The molecule has 15 heavy (non-hydrogen) atoms. The first-order valence-electron chi connectivity index (χ1n) is 5.04. The van der Waals surface area contributed by atoms with Crippen molar-refractivity contribution in [2.24, 2.45) is 5.73 Å². The number of aldehydes is 1. The van der Waals surface area contributed by atoms with Gasteiger partial charge in [-0.25, -0.2) is 0 Å². The molecule has 0 aliphatic heterocycles. The monoisotopic (exact) mass is 207 g/mol. The Morgan fingerprint density at radius 2 is 2.13 bits per heavy atom. The SMILES string of the molecule is CO.NC1Cc2ccccc2C1CC=O. The summed E-state index contributed by atoms with van der Waals surface area (Å²) >= 11 is 0. The van der Waals surface area contributed by atoms with E-state index in [-0.39, 0.29) is 12.0 Å². The van der Waals surface area contributed by atoms with Crippen molar-refractivity contribution in [2.75, 3.05) is 7.11 Å². The number of hydrogen-bond acceptors (Lipinski definition) is 3. The fraction of sp³-hybridized carbons (Fsp3) is 0.417. The second-order valence-electron chi connectivity index (χ2n) is 3.58. The molecule has 0 spiro atoms. The Hall–Kier alpha value is -1.19. The zero-order valence-corrected chi connectivity index (χ0v) is 8.89. The lowest BCUT2D eigenvalue weighted by molar-refractivity contribution is -0.108. The number of rotatable bonds is 2. The first-order valence-corrected chi connectivity index (χ1v) is 5.04. The largest absolute Gasteiger partial charge is 0.400 e. The molecular weight excluding hydrogens is 190 g/mol. The quantitative estimate of drug-likeness (QED) is 0.707. The summed E-state index contributed by atoms with van der Waals surface area (Å²) in [7, 11) is 1.00. The van der Waals surface area contributed by atoms with E-state index in [0.29, 0.717) is 6.42 Å². The topological polar surface area (TPSA) is 63.3 Å². The van der Waals surface area contributed by atoms with E-state index in [1.54, 1.807) is 0 Å². The van der Waals surface area contributed by atoms with Crippen LogP contribution in [0.3, 0.4) is 0 Å². The molecule has 2 atom stereocenters. The van der Waals surface area contributed by atoms with Crippen molar-refractivity contribution in [3.8, 4) is 0 Å². The highest BCUT2D eigenvalue weighted by atomic mass is 16.2. The lowest BCUT2D eigenvalue weighted by atomic mass is 9.96. The van der Waals surface area contributed by atoms with Gasteiger partial charge in [-0.2, -0.15) is 0 Å². The predicted octanol–water partition coefficient (Wildman–Crippen LogP) is 0.851. The fourth-order valence-electron chi connectivity index (χ4n) is 2.11. The van der Waals surface area contributed by atoms with Crippen LogP contribution in [0.25, 0.3) is 0 Å². The Labute approximate surface area is 89.9 Å². The van der Waals surface area contributed by atoms with Gasteiger partial charge in [-0.1, -0.05) is 24.3 Å². The van der Waals surface area contributed by atoms with Gasteiger partial charge in [0.05, 0.1) is 0 Å². The molecule has 0 saturated carbocycles. The molecule has 1 aliphatic rings. The van der Waals surface area contributed by atoms with Gasteiger partial charge < -0.3 is 15.6 Å². The van der Waals surface area contributed by atoms with Crippen LogP contribution in [0.5, 0.6) is 0 Å². The molecule has 0 heterocycles. The number of aliphatic hydroxyl groups is 1. The van der Waals surface area contributed by atoms with Crippen LogP contribution in [0.1, 0.15) is 23.5 Å². The Morgan fingerprint density at radius 3 is 2.80 bits per heavy atom. The maximum atomic E-state index is 10.5. The molecule has 3 N–H and O–H groups in total. The van der Waals surface area contributed by atoms with Gasteiger partial charge in [0.25, 0.3) is 0 Å². The van der Waals surface area contributed by atoms with E-state index in [9.17, 15) is 4.79 Å². The van der Waals surface area contributed by atoms with E-state index >= 15 is 0 Å². The molecule has 1 aliphatic carbocycles. The first-order chi connectivity index (χ1) is 7.33. The Balaban J connectivity index is 0.000000531. The van der Waals surface area contributed by atoms with E-state index in [1.807, 2.05) is 12.1 Å². The summed E-state index contributed by atoms with van der Waals surface area (Å²) < 4.78 is 0. The highest BCUT2D eigenvalue weighted by Gasteiger charge is 2.28. The van der Waals surface area contributed by atoms with Gasteiger partial charge >= 0.3 is 0 Å². The van der Waals surface area contributed by atoms with E-state index in [4.69, 9.17) is 10.8 Å². The number of benzene rings is 1. The normalized spacial score (nSPS) is 22.6. The smallest absolute Gasteiger partial charge is 0.120 e. The van der Waals surface area contributed by atoms with Crippen LogP contribution in [-0.4, -0.2) is 24.5 Å². The van der Waals surface area contributed by atoms with Crippen molar-refractivity contribution < 1.29 is 9.90 Å². The molecule has 2 rings (SSSR count). The van der Waals surface area contributed by atoms with Crippen molar-refractivity contribution in [1.82, 2.24) is 0 Å². The number of fused-ring (bicyclic) bond motifs is 1. The Morgan fingerprint density at radius 1 is 1.47 bits per heavy atom. The average molecular weight is 207 g/mol. The minimum Gasteiger partial charge on any atom is -0.400 e. The molecule has 0 bridgehead atoms. The summed E-state index contributed by atoms with van der Waals surface area (Å²) in [5.41, 5.74) is 8.53. The third-order valence-corrected chi connectivity index (χ3v) is 2.78. The molecule has 0 radical (unpaired) electrons. The standard InChI is InChI=1S/C11H13NO.CH4O/c12-11-7-8-3-1-2-4-9(8)10(11)5-6-13;1-2/h1-4,6,10-11H,5,7,12H2;2H,1H3. The summed E-state index contributed by atoms with van der Waals surface area (Å²) in [5, 5.41) is 7.00. The van der Waals surface area contributed by atoms with E-state index in [2.05, 4.69) is 12.1 Å². The minimum absolute atomic E-state index is 0.127. The lowest BCUT2D eigenvalue weighted by Gasteiger charge is -2.12.